The number of aryl methyl sites for hydroxylation is 2. The number of ether oxygens (including phenoxy) is 1. The van der Waals surface area contributed by atoms with Crippen molar-refractivity contribution in [3.8, 4) is 5.75 Å². The Hall–Kier alpha value is -1.88. The maximum absolute atomic E-state index is 13.9. The summed E-state index contributed by atoms with van der Waals surface area (Å²) in [4.78, 5) is 0. The zero-order valence-electron chi connectivity index (χ0n) is 11.4. The minimum Gasteiger partial charge on any atom is -0.493 e. The lowest BCUT2D eigenvalue weighted by Gasteiger charge is -2.16. The molecule has 0 saturated carbocycles. The molecule has 0 spiro atoms. The number of nitrogens with zero attached hydrogens (tertiary/aromatic N) is 2. The van der Waals surface area contributed by atoms with E-state index in [4.69, 9.17) is 10.5 Å². The minimum atomic E-state index is -0.600. The van der Waals surface area contributed by atoms with Gasteiger partial charge in [-0.2, -0.15) is 5.10 Å². The van der Waals surface area contributed by atoms with Gasteiger partial charge in [-0.05, 0) is 19.9 Å². The largest absolute Gasteiger partial charge is 0.493 e. The van der Waals surface area contributed by atoms with Gasteiger partial charge in [0.15, 0.2) is 5.75 Å². The van der Waals surface area contributed by atoms with Crippen molar-refractivity contribution in [2.45, 2.75) is 26.4 Å². The van der Waals surface area contributed by atoms with Crippen LogP contribution in [0.2, 0.25) is 0 Å². The first kappa shape index (κ1) is 13.5. The number of nitrogens with two attached hydrogens (primary N) is 1. The lowest BCUT2D eigenvalue weighted by molar-refractivity contribution is 0.404. The van der Waals surface area contributed by atoms with Crippen LogP contribution in [0.3, 0.4) is 0 Å². The molecule has 2 aromatic rings. The SMILES string of the molecule is CCn1ncc(OC)c1C(N)c1cc(C)ccc1F. The average molecular weight is 263 g/mol. The van der Waals surface area contributed by atoms with Crippen LogP contribution in [0.4, 0.5) is 4.39 Å². The van der Waals surface area contributed by atoms with Crippen molar-refractivity contribution in [3.05, 3.63) is 47.0 Å². The molecule has 0 amide bonds. The molecule has 2 rings (SSSR count). The van der Waals surface area contributed by atoms with E-state index in [1.165, 1.54) is 6.07 Å². The number of rotatable bonds is 4. The zero-order chi connectivity index (χ0) is 14.0. The fraction of sp³-hybridized carbons (Fsp3) is 0.357. The third-order valence-corrected chi connectivity index (χ3v) is 3.15. The zero-order valence-corrected chi connectivity index (χ0v) is 11.4. The van der Waals surface area contributed by atoms with Crippen LogP contribution >= 0.6 is 0 Å². The van der Waals surface area contributed by atoms with E-state index in [9.17, 15) is 4.39 Å². The number of hydrogen-bond acceptors (Lipinski definition) is 3. The van der Waals surface area contributed by atoms with Crippen LogP contribution in [0.15, 0.2) is 24.4 Å². The summed E-state index contributed by atoms with van der Waals surface area (Å²) in [6.07, 6.45) is 1.60. The van der Waals surface area contributed by atoms with Gasteiger partial charge in [0, 0.05) is 12.1 Å². The molecule has 0 aliphatic carbocycles. The highest BCUT2D eigenvalue weighted by atomic mass is 19.1. The van der Waals surface area contributed by atoms with Crippen molar-refractivity contribution in [2.24, 2.45) is 5.73 Å². The van der Waals surface area contributed by atoms with Gasteiger partial charge in [0.25, 0.3) is 0 Å². The molecule has 19 heavy (non-hydrogen) atoms. The van der Waals surface area contributed by atoms with Crippen LogP contribution in [0.1, 0.15) is 29.8 Å². The summed E-state index contributed by atoms with van der Waals surface area (Å²) in [6, 6.07) is 4.31. The number of benzene rings is 1. The van der Waals surface area contributed by atoms with Crippen LogP contribution in [-0.2, 0) is 6.54 Å². The maximum Gasteiger partial charge on any atom is 0.161 e. The topological polar surface area (TPSA) is 53.1 Å². The normalized spacial score (nSPS) is 12.5. The van der Waals surface area contributed by atoms with Gasteiger partial charge in [-0.1, -0.05) is 17.7 Å². The second-order valence-electron chi connectivity index (χ2n) is 4.42. The fourth-order valence-electron chi connectivity index (χ4n) is 2.15. The molecular weight excluding hydrogens is 245 g/mol. The highest BCUT2D eigenvalue weighted by Gasteiger charge is 2.22. The van der Waals surface area contributed by atoms with Gasteiger partial charge >= 0.3 is 0 Å². The lowest BCUT2D eigenvalue weighted by Crippen LogP contribution is -2.19. The molecule has 2 N–H and O–H groups in total. The van der Waals surface area contributed by atoms with Gasteiger partial charge in [0.2, 0.25) is 0 Å². The summed E-state index contributed by atoms with van der Waals surface area (Å²) < 4.78 is 20.9. The van der Waals surface area contributed by atoms with E-state index in [-0.39, 0.29) is 5.82 Å². The molecule has 1 aromatic carbocycles. The van der Waals surface area contributed by atoms with Crippen molar-refractivity contribution in [2.75, 3.05) is 7.11 Å². The van der Waals surface area contributed by atoms with E-state index in [0.29, 0.717) is 23.6 Å². The van der Waals surface area contributed by atoms with Crippen molar-refractivity contribution < 1.29 is 9.13 Å². The van der Waals surface area contributed by atoms with Crippen molar-refractivity contribution in [1.82, 2.24) is 9.78 Å². The van der Waals surface area contributed by atoms with Gasteiger partial charge in [-0.3, -0.25) is 4.68 Å². The highest BCUT2D eigenvalue weighted by Crippen LogP contribution is 2.29. The van der Waals surface area contributed by atoms with Crippen LogP contribution in [0, 0.1) is 12.7 Å². The summed E-state index contributed by atoms with van der Waals surface area (Å²) in [6.45, 7) is 4.51. The Morgan fingerprint density at radius 3 is 2.84 bits per heavy atom. The standard InChI is InChI=1S/C14H18FN3O/c1-4-18-14(12(19-3)8-17-18)13(16)10-7-9(2)5-6-11(10)15/h5-8,13H,4,16H2,1-3H3. The Morgan fingerprint density at radius 2 is 2.21 bits per heavy atom. The van der Waals surface area contributed by atoms with Gasteiger partial charge in [0.1, 0.15) is 11.5 Å². The number of aromatic nitrogens is 2. The average Bonchev–Trinajstić information content (AvgIpc) is 2.83. The van der Waals surface area contributed by atoms with Crippen molar-refractivity contribution in [3.63, 3.8) is 0 Å². The summed E-state index contributed by atoms with van der Waals surface area (Å²) in [7, 11) is 1.56. The van der Waals surface area contributed by atoms with E-state index < -0.39 is 6.04 Å². The lowest BCUT2D eigenvalue weighted by atomic mass is 10.0. The predicted molar refractivity (Wildman–Crippen MR) is 71.6 cm³/mol. The summed E-state index contributed by atoms with van der Waals surface area (Å²) in [5.41, 5.74) is 8.31. The molecule has 1 heterocycles. The predicted octanol–water partition coefficient (Wildman–Crippen LogP) is 2.41. The maximum atomic E-state index is 13.9. The van der Waals surface area contributed by atoms with Crippen LogP contribution < -0.4 is 10.5 Å². The van der Waals surface area contributed by atoms with Crippen molar-refractivity contribution >= 4 is 0 Å². The number of methoxy groups -OCH3 is 1. The van der Waals surface area contributed by atoms with E-state index in [0.717, 1.165) is 5.56 Å². The fourth-order valence-corrected chi connectivity index (χ4v) is 2.15. The molecule has 0 bridgehead atoms. The monoisotopic (exact) mass is 263 g/mol. The van der Waals surface area contributed by atoms with Crippen LogP contribution in [0.25, 0.3) is 0 Å². The van der Waals surface area contributed by atoms with Gasteiger partial charge in [-0.25, -0.2) is 4.39 Å². The molecule has 1 unspecified atom stereocenters. The Kier molecular flexibility index (Phi) is 3.85. The first-order chi connectivity index (χ1) is 9.08. The molecule has 1 aromatic heterocycles. The molecule has 1 atom stereocenters. The Labute approximate surface area is 112 Å². The molecule has 0 aliphatic rings. The Morgan fingerprint density at radius 1 is 1.47 bits per heavy atom. The van der Waals surface area contributed by atoms with Gasteiger partial charge in [0.05, 0.1) is 19.3 Å². The molecule has 5 heteroatoms. The number of hydrogen-bond donors (Lipinski definition) is 1. The molecule has 0 aliphatic heterocycles. The van der Waals surface area contributed by atoms with E-state index in [1.54, 1.807) is 30.1 Å². The quantitative estimate of drug-likeness (QED) is 0.921. The molecule has 4 nitrogen and oxygen atoms in total. The summed E-state index contributed by atoms with van der Waals surface area (Å²) in [5.74, 6) is 0.263. The minimum absolute atomic E-state index is 0.316. The molecule has 0 saturated heterocycles. The first-order valence-electron chi connectivity index (χ1n) is 6.19. The molecule has 102 valence electrons. The second kappa shape index (κ2) is 5.40. The van der Waals surface area contributed by atoms with Crippen LogP contribution in [-0.4, -0.2) is 16.9 Å². The van der Waals surface area contributed by atoms with E-state index in [1.807, 2.05) is 13.8 Å². The van der Waals surface area contributed by atoms with E-state index in [2.05, 4.69) is 5.10 Å². The Bertz CT molecular complexity index is 559. The number of halogens is 1. The summed E-state index contributed by atoms with van der Waals surface area (Å²) >= 11 is 0. The Balaban J connectivity index is 2.51. The van der Waals surface area contributed by atoms with Crippen molar-refractivity contribution in [1.29, 1.82) is 0 Å². The third kappa shape index (κ3) is 2.46. The van der Waals surface area contributed by atoms with E-state index >= 15 is 0 Å². The smallest absolute Gasteiger partial charge is 0.161 e. The second-order valence-corrected chi connectivity index (χ2v) is 4.42. The van der Waals surface area contributed by atoms with Crippen LogP contribution in [0.5, 0.6) is 5.75 Å². The van der Waals surface area contributed by atoms with Gasteiger partial charge in [-0.15, -0.1) is 0 Å². The molecule has 0 fully saturated rings. The van der Waals surface area contributed by atoms with Gasteiger partial charge < -0.3 is 10.5 Å². The highest BCUT2D eigenvalue weighted by molar-refractivity contribution is 5.38. The molecule has 0 radical (unpaired) electrons. The first-order valence-corrected chi connectivity index (χ1v) is 6.19. The summed E-state index contributed by atoms with van der Waals surface area (Å²) in [5, 5.41) is 4.19. The molecular formula is C14H18FN3O. The third-order valence-electron chi connectivity index (χ3n) is 3.15.